The van der Waals surface area contributed by atoms with Crippen LogP contribution in [0, 0.1) is 0 Å². The molecule has 0 aromatic heterocycles. The van der Waals surface area contributed by atoms with Crippen molar-refractivity contribution in [2.24, 2.45) is 0 Å². The second-order valence-electron chi connectivity index (χ2n) is 5.29. The van der Waals surface area contributed by atoms with Gasteiger partial charge in [-0.2, -0.15) is 0 Å². The molecule has 1 amide bonds. The maximum Gasteiger partial charge on any atom is 0.238 e. The van der Waals surface area contributed by atoms with E-state index in [4.69, 9.17) is 23.2 Å². The van der Waals surface area contributed by atoms with Crippen LogP contribution in [0.5, 0.6) is 0 Å². The third-order valence-corrected chi connectivity index (χ3v) is 3.37. The van der Waals surface area contributed by atoms with E-state index in [1.807, 2.05) is 11.8 Å². The average molecular weight is 319 g/mol. The summed E-state index contributed by atoms with van der Waals surface area (Å²) >= 11 is 11.7. The van der Waals surface area contributed by atoms with E-state index in [0.29, 0.717) is 28.8 Å². The number of rotatable bonds is 6. The summed E-state index contributed by atoms with van der Waals surface area (Å²) in [4.78, 5) is 13.8. The summed E-state index contributed by atoms with van der Waals surface area (Å²) in [7, 11) is 0. The van der Waals surface area contributed by atoms with Gasteiger partial charge in [-0.3, -0.25) is 9.69 Å². The first-order valence-corrected chi connectivity index (χ1v) is 7.16. The van der Waals surface area contributed by atoms with Gasteiger partial charge in [0, 0.05) is 12.2 Å². The maximum atomic E-state index is 12.0. The lowest BCUT2D eigenvalue weighted by atomic mass is 10.1. The molecule has 6 heteroatoms. The first-order valence-electron chi connectivity index (χ1n) is 6.41. The van der Waals surface area contributed by atoms with E-state index >= 15 is 0 Å². The molecule has 2 N–H and O–H groups in total. The smallest absolute Gasteiger partial charge is 0.238 e. The second kappa shape index (κ2) is 7.27. The van der Waals surface area contributed by atoms with E-state index in [1.54, 1.807) is 32.0 Å². The highest BCUT2D eigenvalue weighted by Gasteiger charge is 2.19. The summed E-state index contributed by atoms with van der Waals surface area (Å²) < 4.78 is 0. The van der Waals surface area contributed by atoms with Crippen LogP contribution in [0.25, 0.3) is 0 Å². The fourth-order valence-corrected chi connectivity index (χ4v) is 2.10. The van der Waals surface area contributed by atoms with E-state index in [0.717, 1.165) is 0 Å². The highest BCUT2D eigenvalue weighted by atomic mass is 35.5. The Bertz CT molecular complexity index is 473. The molecule has 0 aliphatic rings. The molecule has 4 nitrogen and oxygen atoms in total. The Labute approximate surface area is 129 Å². The molecule has 20 heavy (non-hydrogen) atoms. The normalized spacial score (nSPS) is 11.8. The maximum absolute atomic E-state index is 12.0. The summed E-state index contributed by atoms with van der Waals surface area (Å²) in [6, 6.07) is 4.93. The minimum atomic E-state index is -0.833. The number of aliphatic hydroxyl groups is 1. The molecule has 0 saturated carbocycles. The number of carbonyl (C=O) groups is 1. The third-order valence-electron chi connectivity index (χ3n) is 2.63. The van der Waals surface area contributed by atoms with Crippen LogP contribution in [-0.2, 0) is 4.79 Å². The van der Waals surface area contributed by atoms with E-state index < -0.39 is 5.60 Å². The number of anilines is 1. The molecule has 0 saturated heterocycles. The topological polar surface area (TPSA) is 52.6 Å². The summed E-state index contributed by atoms with van der Waals surface area (Å²) in [5.41, 5.74) is -0.233. The Morgan fingerprint density at radius 1 is 1.35 bits per heavy atom. The molecule has 0 heterocycles. The van der Waals surface area contributed by atoms with Crippen LogP contribution in [0.3, 0.4) is 0 Å². The number of nitrogens with zero attached hydrogens (tertiary/aromatic N) is 1. The fraction of sp³-hybridized carbons (Fsp3) is 0.500. The van der Waals surface area contributed by atoms with Crippen LogP contribution in [-0.4, -0.2) is 41.1 Å². The van der Waals surface area contributed by atoms with E-state index in [-0.39, 0.29) is 12.5 Å². The van der Waals surface area contributed by atoms with E-state index in [1.165, 1.54) is 0 Å². The molecule has 112 valence electrons. The van der Waals surface area contributed by atoms with Crippen molar-refractivity contribution in [2.45, 2.75) is 26.4 Å². The number of halogens is 2. The molecule has 1 aromatic rings. The molecule has 0 unspecified atom stereocenters. The summed E-state index contributed by atoms with van der Waals surface area (Å²) in [5.74, 6) is -0.158. The van der Waals surface area contributed by atoms with Crippen LogP contribution in [0.1, 0.15) is 20.8 Å². The van der Waals surface area contributed by atoms with Gasteiger partial charge in [0.1, 0.15) is 0 Å². The zero-order valence-electron chi connectivity index (χ0n) is 11.9. The first kappa shape index (κ1) is 17.2. The largest absolute Gasteiger partial charge is 0.389 e. The molecule has 0 aliphatic heterocycles. The minimum Gasteiger partial charge on any atom is -0.389 e. The molecule has 0 aliphatic carbocycles. The van der Waals surface area contributed by atoms with E-state index in [2.05, 4.69) is 5.32 Å². The zero-order chi connectivity index (χ0) is 15.3. The van der Waals surface area contributed by atoms with Gasteiger partial charge < -0.3 is 10.4 Å². The minimum absolute atomic E-state index is 0.158. The van der Waals surface area contributed by atoms with Gasteiger partial charge in [0.25, 0.3) is 0 Å². The van der Waals surface area contributed by atoms with Crippen LogP contribution >= 0.6 is 23.2 Å². The van der Waals surface area contributed by atoms with Crippen molar-refractivity contribution in [1.82, 2.24) is 4.90 Å². The Balaban J connectivity index is 2.59. The number of amides is 1. The van der Waals surface area contributed by atoms with Crippen LogP contribution < -0.4 is 5.32 Å². The highest BCUT2D eigenvalue weighted by molar-refractivity contribution is 6.42. The first-order chi connectivity index (χ1) is 9.21. The van der Waals surface area contributed by atoms with Crippen molar-refractivity contribution >= 4 is 34.8 Å². The molecular weight excluding hydrogens is 299 g/mol. The summed E-state index contributed by atoms with van der Waals surface area (Å²) in [5, 5.41) is 13.4. The molecule has 0 bridgehead atoms. The number of hydrogen-bond donors (Lipinski definition) is 2. The second-order valence-corrected chi connectivity index (χ2v) is 6.11. The van der Waals surface area contributed by atoms with Gasteiger partial charge in [0.15, 0.2) is 0 Å². The number of hydrogen-bond acceptors (Lipinski definition) is 3. The third kappa shape index (κ3) is 6.09. The SMILES string of the molecule is CCN(CC(=O)Nc1ccc(Cl)c(Cl)c1)CC(C)(C)O. The van der Waals surface area contributed by atoms with Gasteiger partial charge >= 0.3 is 0 Å². The number of nitrogens with one attached hydrogen (secondary N) is 1. The van der Waals surface area contributed by atoms with Crippen LogP contribution in [0.2, 0.25) is 10.0 Å². The van der Waals surface area contributed by atoms with Crippen molar-refractivity contribution in [3.05, 3.63) is 28.2 Å². The average Bonchev–Trinajstić information content (AvgIpc) is 2.31. The predicted octanol–water partition coefficient (Wildman–Crippen LogP) is 3.02. The molecule has 0 spiro atoms. The quantitative estimate of drug-likeness (QED) is 0.847. The van der Waals surface area contributed by atoms with Crippen molar-refractivity contribution in [3.63, 3.8) is 0 Å². The summed E-state index contributed by atoms with van der Waals surface area (Å²) in [6.07, 6.45) is 0. The Morgan fingerprint density at radius 2 is 2.00 bits per heavy atom. The zero-order valence-corrected chi connectivity index (χ0v) is 13.4. The van der Waals surface area contributed by atoms with Crippen molar-refractivity contribution in [2.75, 3.05) is 25.0 Å². The number of likely N-dealkylation sites (N-methyl/N-ethyl adjacent to an activating group) is 1. The molecule has 1 aromatic carbocycles. The molecular formula is C14H20Cl2N2O2. The van der Waals surface area contributed by atoms with Gasteiger partial charge in [-0.1, -0.05) is 30.1 Å². The van der Waals surface area contributed by atoms with E-state index in [9.17, 15) is 9.90 Å². The van der Waals surface area contributed by atoms with Gasteiger partial charge in [-0.25, -0.2) is 0 Å². The Hall–Kier alpha value is -0.810. The van der Waals surface area contributed by atoms with Crippen LogP contribution in [0.4, 0.5) is 5.69 Å². The monoisotopic (exact) mass is 318 g/mol. The lowest BCUT2D eigenvalue weighted by Gasteiger charge is -2.27. The molecule has 0 fully saturated rings. The summed E-state index contributed by atoms with van der Waals surface area (Å²) in [6.45, 7) is 6.69. The lowest BCUT2D eigenvalue weighted by molar-refractivity contribution is -0.117. The van der Waals surface area contributed by atoms with Gasteiger partial charge in [-0.05, 0) is 38.6 Å². The van der Waals surface area contributed by atoms with Gasteiger partial charge in [0.2, 0.25) is 5.91 Å². The van der Waals surface area contributed by atoms with Crippen molar-refractivity contribution in [1.29, 1.82) is 0 Å². The van der Waals surface area contributed by atoms with Crippen LogP contribution in [0.15, 0.2) is 18.2 Å². The van der Waals surface area contributed by atoms with Gasteiger partial charge in [0.05, 0.1) is 22.2 Å². The standard InChI is InChI=1S/C14H20Cl2N2O2/c1-4-18(9-14(2,3)20)8-13(19)17-10-5-6-11(15)12(16)7-10/h5-7,20H,4,8-9H2,1-3H3,(H,17,19). The number of benzene rings is 1. The number of carbonyl (C=O) groups excluding carboxylic acids is 1. The Morgan fingerprint density at radius 3 is 2.50 bits per heavy atom. The molecule has 0 radical (unpaired) electrons. The fourth-order valence-electron chi connectivity index (χ4n) is 1.80. The van der Waals surface area contributed by atoms with Crippen molar-refractivity contribution < 1.29 is 9.90 Å². The predicted molar refractivity (Wildman–Crippen MR) is 83.5 cm³/mol. The lowest BCUT2D eigenvalue weighted by Crippen LogP contribution is -2.42. The van der Waals surface area contributed by atoms with Gasteiger partial charge in [-0.15, -0.1) is 0 Å². The molecule has 0 atom stereocenters. The highest BCUT2D eigenvalue weighted by Crippen LogP contribution is 2.24. The molecule has 1 rings (SSSR count). The van der Waals surface area contributed by atoms with Crippen molar-refractivity contribution in [3.8, 4) is 0 Å². The Kier molecular flexibility index (Phi) is 6.27.